The number of nitrogens with one attached hydrogen (secondary N) is 2. The van der Waals surface area contributed by atoms with Crippen LogP contribution < -0.4 is 14.8 Å². The summed E-state index contributed by atoms with van der Waals surface area (Å²) in [6.07, 6.45) is 0. The number of methoxy groups -OCH3 is 1. The van der Waals surface area contributed by atoms with Gasteiger partial charge >= 0.3 is 0 Å². The number of rotatable bonds is 8. The molecule has 4 aromatic rings. The normalized spacial score (nSPS) is 11.3. The van der Waals surface area contributed by atoms with Gasteiger partial charge in [0.1, 0.15) is 5.75 Å². The van der Waals surface area contributed by atoms with Gasteiger partial charge in [0, 0.05) is 11.1 Å². The Kier molecular flexibility index (Phi) is 6.44. The van der Waals surface area contributed by atoms with Gasteiger partial charge in [0.2, 0.25) is 21.2 Å². The number of sulfonamides is 1. The van der Waals surface area contributed by atoms with Crippen LogP contribution in [0.2, 0.25) is 0 Å². The number of aromatic nitrogens is 4. The topological polar surface area (TPSA) is 149 Å². The highest BCUT2D eigenvalue weighted by Gasteiger charge is 2.22. The number of anilines is 1. The standard InChI is InChI=1S/C20H18N6O5S2/c1-12-6-8-13(9-7-12)18(27)23-19-24-25-20(32-19)33(28,29)21-11-16-22-17(26-31-16)14-4-3-5-15(10-14)30-2/h3-10,21H,11H2,1-2H3,(H,23,24,27). The zero-order chi connectivity index (χ0) is 23.4. The van der Waals surface area contributed by atoms with E-state index in [0.29, 0.717) is 22.7 Å². The Labute approximate surface area is 192 Å². The Morgan fingerprint density at radius 2 is 1.94 bits per heavy atom. The van der Waals surface area contributed by atoms with Gasteiger partial charge in [-0.1, -0.05) is 46.3 Å². The lowest BCUT2D eigenvalue weighted by molar-refractivity contribution is 0.102. The van der Waals surface area contributed by atoms with E-state index in [-0.39, 0.29) is 21.9 Å². The Hall–Kier alpha value is -3.68. The van der Waals surface area contributed by atoms with Crippen molar-refractivity contribution >= 4 is 32.4 Å². The number of aryl methyl sites for hydroxylation is 1. The second kappa shape index (κ2) is 9.44. The van der Waals surface area contributed by atoms with Crippen molar-refractivity contribution in [1.82, 2.24) is 25.1 Å². The van der Waals surface area contributed by atoms with Crippen molar-refractivity contribution in [2.24, 2.45) is 0 Å². The van der Waals surface area contributed by atoms with Crippen LogP contribution in [0.3, 0.4) is 0 Å². The molecule has 2 aromatic carbocycles. The molecule has 170 valence electrons. The molecule has 2 N–H and O–H groups in total. The molecule has 1 amide bonds. The average molecular weight is 487 g/mol. The molecule has 2 aromatic heterocycles. The molecular weight excluding hydrogens is 468 g/mol. The van der Waals surface area contributed by atoms with Crippen molar-refractivity contribution in [3.8, 4) is 17.1 Å². The van der Waals surface area contributed by atoms with Crippen molar-refractivity contribution in [2.75, 3.05) is 12.4 Å². The van der Waals surface area contributed by atoms with E-state index in [1.807, 2.05) is 6.92 Å². The van der Waals surface area contributed by atoms with E-state index in [1.165, 1.54) is 0 Å². The maximum Gasteiger partial charge on any atom is 0.270 e. The molecule has 4 rings (SSSR count). The van der Waals surface area contributed by atoms with E-state index >= 15 is 0 Å². The fourth-order valence-corrected chi connectivity index (χ4v) is 4.58. The first-order valence-corrected chi connectivity index (χ1v) is 11.8. The van der Waals surface area contributed by atoms with Crippen LogP contribution in [0, 0.1) is 6.92 Å². The van der Waals surface area contributed by atoms with Gasteiger partial charge in [-0.2, -0.15) is 9.71 Å². The van der Waals surface area contributed by atoms with E-state index in [2.05, 4.69) is 30.4 Å². The van der Waals surface area contributed by atoms with Crippen LogP contribution in [0.1, 0.15) is 21.8 Å². The van der Waals surface area contributed by atoms with Crippen LogP contribution in [0.4, 0.5) is 5.13 Å². The van der Waals surface area contributed by atoms with E-state index in [1.54, 1.807) is 55.6 Å². The number of hydrogen-bond acceptors (Lipinski definition) is 10. The summed E-state index contributed by atoms with van der Waals surface area (Å²) in [6, 6.07) is 14.0. The fraction of sp³-hybridized carbons (Fsp3) is 0.150. The van der Waals surface area contributed by atoms with Gasteiger partial charge < -0.3 is 9.26 Å². The van der Waals surface area contributed by atoms with Crippen LogP contribution in [0.5, 0.6) is 5.75 Å². The van der Waals surface area contributed by atoms with Crippen molar-refractivity contribution in [3.63, 3.8) is 0 Å². The molecule has 33 heavy (non-hydrogen) atoms. The molecule has 11 nitrogen and oxygen atoms in total. The van der Waals surface area contributed by atoms with Gasteiger partial charge in [0.25, 0.3) is 15.9 Å². The minimum Gasteiger partial charge on any atom is -0.497 e. The Bertz CT molecular complexity index is 1380. The number of benzene rings is 2. The highest BCUT2D eigenvalue weighted by Crippen LogP contribution is 2.22. The molecule has 0 saturated carbocycles. The molecule has 0 aliphatic carbocycles. The summed E-state index contributed by atoms with van der Waals surface area (Å²) in [4.78, 5) is 16.5. The van der Waals surface area contributed by atoms with Crippen LogP contribution in [0.25, 0.3) is 11.4 Å². The predicted molar refractivity (Wildman–Crippen MR) is 119 cm³/mol. The highest BCUT2D eigenvalue weighted by atomic mass is 32.2. The largest absolute Gasteiger partial charge is 0.497 e. The van der Waals surface area contributed by atoms with Gasteiger partial charge in [0.15, 0.2) is 0 Å². The van der Waals surface area contributed by atoms with Gasteiger partial charge in [-0.3, -0.25) is 10.1 Å². The number of hydrogen-bond donors (Lipinski definition) is 2. The molecule has 2 heterocycles. The summed E-state index contributed by atoms with van der Waals surface area (Å²) in [6.45, 7) is 1.66. The van der Waals surface area contributed by atoms with Gasteiger partial charge in [0.05, 0.1) is 13.7 Å². The van der Waals surface area contributed by atoms with Crippen LogP contribution in [-0.4, -0.2) is 41.8 Å². The molecule has 0 saturated heterocycles. The van der Waals surface area contributed by atoms with Crippen molar-refractivity contribution in [2.45, 2.75) is 17.8 Å². The molecule has 0 atom stereocenters. The molecule has 0 fully saturated rings. The lowest BCUT2D eigenvalue weighted by Gasteiger charge is -2.01. The zero-order valence-corrected chi connectivity index (χ0v) is 19.1. The molecule has 0 aliphatic heterocycles. The number of carbonyl (C=O) groups is 1. The molecule has 0 bridgehead atoms. The molecule has 0 aliphatic rings. The van der Waals surface area contributed by atoms with E-state index in [0.717, 1.165) is 16.9 Å². The SMILES string of the molecule is COc1cccc(-c2noc(CNS(=O)(=O)c3nnc(NC(=O)c4ccc(C)cc4)s3)n2)c1. The zero-order valence-electron chi connectivity index (χ0n) is 17.5. The lowest BCUT2D eigenvalue weighted by Crippen LogP contribution is -2.23. The summed E-state index contributed by atoms with van der Waals surface area (Å²) >= 11 is 0.722. The average Bonchev–Trinajstić information content (AvgIpc) is 3.48. The maximum atomic E-state index is 12.6. The minimum absolute atomic E-state index is 0.0547. The van der Waals surface area contributed by atoms with E-state index < -0.39 is 15.9 Å². The van der Waals surface area contributed by atoms with Gasteiger partial charge in [-0.05, 0) is 31.2 Å². The fourth-order valence-electron chi connectivity index (χ4n) is 2.67. The second-order valence-electron chi connectivity index (χ2n) is 6.76. The smallest absolute Gasteiger partial charge is 0.270 e. The minimum atomic E-state index is -4.01. The quantitative estimate of drug-likeness (QED) is 0.358. The van der Waals surface area contributed by atoms with Crippen molar-refractivity contribution < 1.29 is 22.5 Å². The van der Waals surface area contributed by atoms with Crippen LogP contribution in [0.15, 0.2) is 57.4 Å². The van der Waals surface area contributed by atoms with Crippen LogP contribution in [-0.2, 0) is 16.6 Å². The summed E-state index contributed by atoms with van der Waals surface area (Å²) in [5.41, 5.74) is 2.09. The van der Waals surface area contributed by atoms with Crippen LogP contribution >= 0.6 is 11.3 Å². The third-order valence-electron chi connectivity index (χ3n) is 4.38. The van der Waals surface area contributed by atoms with Gasteiger partial charge in [-0.25, -0.2) is 8.42 Å². The molecule has 0 radical (unpaired) electrons. The molecular formula is C20H18N6O5S2. The van der Waals surface area contributed by atoms with Crippen molar-refractivity contribution in [3.05, 3.63) is 65.5 Å². The molecule has 0 spiro atoms. The summed E-state index contributed by atoms with van der Waals surface area (Å²) < 4.78 is 37.4. The second-order valence-corrected chi connectivity index (χ2v) is 9.68. The first-order valence-electron chi connectivity index (χ1n) is 9.52. The lowest BCUT2D eigenvalue weighted by atomic mass is 10.1. The monoisotopic (exact) mass is 486 g/mol. The summed E-state index contributed by atoms with van der Waals surface area (Å²) in [5.74, 6) is 0.564. The highest BCUT2D eigenvalue weighted by molar-refractivity contribution is 7.91. The van der Waals surface area contributed by atoms with E-state index in [9.17, 15) is 13.2 Å². The maximum absolute atomic E-state index is 12.6. The third kappa shape index (κ3) is 5.39. The summed E-state index contributed by atoms with van der Waals surface area (Å²) in [5, 5.41) is 13.8. The third-order valence-corrected chi connectivity index (χ3v) is 6.99. The Balaban J connectivity index is 1.39. The summed E-state index contributed by atoms with van der Waals surface area (Å²) in [7, 11) is -2.47. The van der Waals surface area contributed by atoms with Gasteiger partial charge in [-0.15, -0.1) is 10.2 Å². The van der Waals surface area contributed by atoms with Crippen molar-refractivity contribution in [1.29, 1.82) is 0 Å². The first kappa shape index (κ1) is 22.5. The number of carbonyl (C=O) groups excluding carboxylic acids is 1. The Morgan fingerprint density at radius 1 is 1.15 bits per heavy atom. The van der Waals surface area contributed by atoms with E-state index in [4.69, 9.17) is 9.26 Å². The predicted octanol–water partition coefficient (Wildman–Crippen LogP) is 2.64. The molecule has 0 unspecified atom stereocenters. The Morgan fingerprint density at radius 3 is 2.70 bits per heavy atom. The number of ether oxygens (including phenoxy) is 1. The molecule has 13 heteroatoms. The first-order chi connectivity index (χ1) is 15.8. The number of amides is 1. The number of nitrogens with zero attached hydrogens (tertiary/aromatic N) is 4.